The summed E-state index contributed by atoms with van der Waals surface area (Å²) in [5, 5.41) is 10.8. The van der Waals surface area contributed by atoms with E-state index in [1.807, 2.05) is 6.07 Å². The highest BCUT2D eigenvalue weighted by Gasteiger charge is 2.24. The van der Waals surface area contributed by atoms with Crippen molar-refractivity contribution in [1.82, 2.24) is 4.98 Å². The smallest absolute Gasteiger partial charge is 0.125 e. The second-order valence-electron chi connectivity index (χ2n) is 5.52. The predicted molar refractivity (Wildman–Crippen MR) is 89.9 cm³/mol. The summed E-state index contributed by atoms with van der Waals surface area (Å²) >= 11 is 1.49. The molecule has 0 bridgehead atoms. The number of aromatic nitrogens is 1. The van der Waals surface area contributed by atoms with Crippen LogP contribution >= 0.6 is 11.3 Å². The van der Waals surface area contributed by atoms with Gasteiger partial charge in [-0.05, 0) is 30.2 Å². The zero-order valence-corrected chi connectivity index (χ0v) is 13.0. The summed E-state index contributed by atoms with van der Waals surface area (Å²) < 4.78 is 13.4. The summed E-state index contributed by atoms with van der Waals surface area (Å²) in [6, 6.07) is 8.84. The topological polar surface area (TPSA) is 65.9 Å². The van der Waals surface area contributed by atoms with Crippen LogP contribution in [0.1, 0.15) is 16.0 Å². The van der Waals surface area contributed by atoms with Crippen molar-refractivity contribution < 1.29 is 4.39 Å². The normalized spacial score (nSPS) is 13.8. The lowest BCUT2D eigenvalue weighted by Crippen LogP contribution is -2.29. The first-order valence-electron chi connectivity index (χ1n) is 7.26. The van der Waals surface area contributed by atoms with Crippen LogP contribution in [0.3, 0.4) is 0 Å². The van der Waals surface area contributed by atoms with Crippen LogP contribution in [0, 0.1) is 17.1 Å². The van der Waals surface area contributed by atoms with Crippen LogP contribution in [0.4, 0.5) is 15.1 Å². The Bertz CT molecular complexity index is 957. The van der Waals surface area contributed by atoms with E-state index in [9.17, 15) is 9.65 Å². The molecule has 2 aromatic heterocycles. The lowest BCUT2D eigenvalue weighted by molar-refractivity contribution is 0.629. The SMILES string of the molecule is N#Cc1c(N)sc2c1CCN(c1ccnc3cc(F)ccc13)C2. The molecule has 0 radical (unpaired) electrons. The van der Waals surface area contributed by atoms with Crippen molar-refractivity contribution in [2.45, 2.75) is 13.0 Å². The molecule has 0 amide bonds. The fraction of sp³-hybridized carbons (Fsp3) is 0.176. The number of nitrogens with zero attached hydrogens (tertiary/aromatic N) is 3. The molecule has 3 aromatic rings. The van der Waals surface area contributed by atoms with Crippen LogP contribution in [0.2, 0.25) is 0 Å². The van der Waals surface area contributed by atoms with E-state index in [-0.39, 0.29) is 5.82 Å². The molecular formula is C17H13FN4S. The molecule has 4 nitrogen and oxygen atoms in total. The number of thiophene rings is 1. The molecule has 114 valence electrons. The zero-order chi connectivity index (χ0) is 16.0. The van der Waals surface area contributed by atoms with Gasteiger partial charge in [-0.15, -0.1) is 11.3 Å². The Balaban J connectivity index is 1.77. The fourth-order valence-corrected chi connectivity index (χ4v) is 4.22. The Labute approximate surface area is 136 Å². The number of halogens is 1. The number of hydrogen-bond donors (Lipinski definition) is 1. The number of pyridine rings is 1. The molecule has 2 N–H and O–H groups in total. The molecule has 0 atom stereocenters. The number of hydrogen-bond acceptors (Lipinski definition) is 5. The molecule has 0 saturated carbocycles. The summed E-state index contributed by atoms with van der Waals surface area (Å²) in [4.78, 5) is 7.62. The molecule has 1 aliphatic rings. The number of benzene rings is 1. The second kappa shape index (κ2) is 5.21. The maximum absolute atomic E-state index is 13.4. The maximum atomic E-state index is 13.4. The standard InChI is InChI=1S/C17H13FN4S/c18-10-1-2-12-14(7-10)21-5-3-15(12)22-6-4-11-13(8-19)17(20)23-16(11)9-22/h1-3,5,7H,4,6,9,20H2. The third kappa shape index (κ3) is 2.21. The highest BCUT2D eigenvalue weighted by Crippen LogP contribution is 2.37. The molecule has 6 heteroatoms. The first-order chi connectivity index (χ1) is 11.2. The number of nitriles is 1. The highest BCUT2D eigenvalue weighted by atomic mass is 32.1. The van der Waals surface area contributed by atoms with Crippen molar-refractivity contribution in [3.63, 3.8) is 0 Å². The Morgan fingerprint density at radius 2 is 2.22 bits per heavy atom. The van der Waals surface area contributed by atoms with Gasteiger partial charge in [-0.1, -0.05) is 0 Å². The third-order valence-electron chi connectivity index (χ3n) is 4.22. The Kier molecular flexibility index (Phi) is 3.17. The van der Waals surface area contributed by atoms with Crippen LogP contribution in [0.5, 0.6) is 0 Å². The Morgan fingerprint density at radius 3 is 3.04 bits per heavy atom. The maximum Gasteiger partial charge on any atom is 0.125 e. The minimum absolute atomic E-state index is 0.284. The van der Waals surface area contributed by atoms with Crippen molar-refractivity contribution in [1.29, 1.82) is 5.26 Å². The van der Waals surface area contributed by atoms with Crippen molar-refractivity contribution in [3.8, 4) is 6.07 Å². The predicted octanol–water partition coefficient (Wildman–Crippen LogP) is 3.45. The van der Waals surface area contributed by atoms with Crippen LogP contribution in [-0.2, 0) is 13.0 Å². The van der Waals surface area contributed by atoms with Gasteiger partial charge in [0.15, 0.2) is 0 Å². The van der Waals surface area contributed by atoms with Gasteiger partial charge in [0.2, 0.25) is 0 Å². The van der Waals surface area contributed by atoms with Crippen molar-refractivity contribution in [2.75, 3.05) is 17.2 Å². The summed E-state index contributed by atoms with van der Waals surface area (Å²) in [5.41, 5.74) is 9.34. The average molecular weight is 324 g/mol. The first kappa shape index (κ1) is 14.0. The largest absolute Gasteiger partial charge is 0.389 e. The molecular weight excluding hydrogens is 311 g/mol. The molecule has 4 rings (SSSR count). The minimum atomic E-state index is -0.284. The lowest BCUT2D eigenvalue weighted by Gasteiger charge is -2.29. The molecule has 1 aromatic carbocycles. The van der Waals surface area contributed by atoms with Crippen molar-refractivity contribution >= 4 is 32.9 Å². The first-order valence-corrected chi connectivity index (χ1v) is 8.08. The third-order valence-corrected chi connectivity index (χ3v) is 5.26. The van der Waals surface area contributed by atoms with E-state index in [1.165, 1.54) is 23.5 Å². The fourth-order valence-electron chi connectivity index (χ4n) is 3.13. The summed E-state index contributed by atoms with van der Waals surface area (Å²) in [5.74, 6) is -0.284. The van der Waals surface area contributed by atoms with Gasteiger partial charge in [0.1, 0.15) is 16.9 Å². The lowest BCUT2D eigenvalue weighted by atomic mass is 10.0. The van der Waals surface area contributed by atoms with Crippen LogP contribution < -0.4 is 10.6 Å². The molecule has 1 aliphatic heterocycles. The second-order valence-corrected chi connectivity index (χ2v) is 6.65. The molecule has 3 heterocycles. The highest BCUT2D eigenvalue weighted by molar-refractivity contribution is 7.16. The number of fused-ring (bicyclic) bond motifs is 2. The number of rotatable bonds is 1. The van der Waals surface area contributed by atoms with Crippen LogP contribution in [0.15, 0.2) is 30.5 Å². The van der Waals surface area contributed by atoms with Crippen molar-refractivity contribution in [3.05, 3.63) is 52.3 Å². The molecule has 0 saturated heterocycles. The van der Waals surface area contributed by atoms with E-state index < -0.39 is 0 Å². The monoisotopic (exact) mass is 324 g/mol. The molecule has 0 aliphatic carbocycles. The van der Waals surface area contributed by atoms with Gasteiger partial charge in [-0.2, -0.15) is 5.26 Å². The summed E-state index contributed by atoms with van der Waals surface area (Å²) in [6.07, 6.45) is 2.49. The van der Waals surface area contributed by atoms with Crippen LogP contribution in [0.25, 0.3) is 10.9 Å². The van der Waals surface area contributed by atoms with Gasteiger partial charge in [-0.3, -0.25) is 4.98 Å². The van der Waals surface area contributed by atoms with E-state index in [0.29, 0.717) is 22.6 Å². The zero-order valence-electron chi connectivity index (χ0n) is 12.2. The van der Waals surface area contributed by atoms with Crippen molar-refractivity contribution in [2.24, 2.45) is 0 Å². The van der Waals surface area contributed by atoms with E-state index in [4.69, 9.17) is 5.73 Å². The summed E-state index contributed by atoms with van der Waals surface area (Å²) in [7, 11) is 0. The number of nitrogen functional groups attached to an aromatic ring is 1. The quantitative estimate of drug-likeness (QED) is 0.744. The van der Waals surface area contributed by atoms with E-state index in [1.54, 1.807) is 12.3 Å². The Morgan fingerprint density at radius 1 is 1.35 bits per heavy atom. The van der Waals surface area contributed by atoms with Gasteiger partial charge < -0.3 is 10.6 Å². The number of anilines is 2. The number of nitrogens with two attached hydrogens (primary N) is 1. The van der Waals surface area contributed by atoms with Gasteiger partial charge in [-0.25, -0.2) is 4.39 Å². The van der Waals surface area contributed by atoms with E-state index >= 15 is 0 Å². The molecule has 0 spiro atoms. The van der Waals surface area contributed by atoms with Gasteiger partial charge in [0.25, 0.3) is 0 Å². The van der Waals surface area contributed by atoms with Gasteiger partial charge in [0, 0.05) is 34.8 Å². The van der Waals surface area contributed by atoms with E-state index in [0.717, 1.165) is 34.5 Å². The van der Waals surface area contributed by atoms with Gasteiger partial charge in [0.05, 0.1) is 17.6 Å². The molecule has 23 heavy (non-hydrogen) atoms. The molecule has 0 unspecified atom stereocenters. The summed E-state index contributed by atoms with van der Waals surface area (Å²) in [6.45, 7) is 1.51. The van der Waals surface area contributed by atoms with Crippen LogP contribution in [-0.4, -0.2) is 11.5 Å². The average Bonchev–Trinajstić information content (AvgIpc) is 2.88. The Hall–Kier alpha value is -2.65. The van der Waals surface area contributed by atoms with Gasteiger partial charge >= 0.3 is 0 Å². The van der Waals surface area contributed by atoms with E-state index in [2.05, 4.69) is 16.0 Å². The minimum Gasteiger partial charge on any atom is -0.389 e. The molecule has 0 fully saturated rings.